The summed E-state index contributed by atoms with van der Waals surface area (Å²) in [6.45, 7) is 1.74. The number of rotatable bonds is 3. The van der Waals surface area contributed by atoms with Gasteiger partial charge in [-0.3, -0.25) is 9.69 Å². The van der Waals surface area contributed by atoms with E-state index in [0.717, 1.165) is 15.9 Å². The number of imidazole rings is 1. The number of imide groups is 1. The Bertz CT molecular complexity index is 607. The number of fused-ring (bicyclic) bond motifs is 1. The van der Waals surface area contributed by atoms with E-state index in [9.17, 15) is 9.59 Å². The van der Waals surface area contributed by atoms with E-state index in [4.69, 9.17) is 5.73 Å². The van der Waals surface area contributed by atoms with Gasteiger partial charge in [-0.15, -0.1) is 0 Å². The van der Waals surface area contributed by atoms with Gasteiger partial charge < -0.3 is 16.0 Å². The SMILES string of the molecule is CC(=O)N(CCN)C(=O)Nc1ccc2nc[nH]c2c1. The van der Waals surface area contributed by atoms with E-state index in [1.54, 1.807) is 24.5 Å². The highest BCUT2D eigenvalue weighted by Gasteiger charge is 2.17. The van der Waals surface area contributed by atoms with Crippen molar-refractivity contribution in [3.05, 3.63) is 24.5 Å². The van der Waals surface area contributed by atoms with Gasteiger partial charge in [-0.05, 0) is 18.2 Å². The molecule has 0 fully saturated rings. The molecule has 100 valence electrons. The fourth-order valence-electron chi connectivity index (χ4n) is 1.74. The summed E-state index contributed by atoms with van der Waals surface area (Å²) in [5.74, 6) is -0.342. The lowest BCUT2D eigenvalue weighted by Gasteiger charge is -2.18. The first-order valence-electron chi connectivity index (χ1n) is 5.84. The van der Waals surface area contributed by atoms with Crippen LogP contribution in [-0.4, -0.2) is 39.9 Å². The number of carbonyl (C=O) groups excluding carboxylic acids is 2. The third-order valence-corrected chi connectivity index (χ3v) is 2.65. The van der Waals surface area contributed by atoms with Crippen molar-refractivity contribution in [1.29, 1.82) is 0 Å². The van der Waals surface area contributed by atoms with E-state index in [2.05, 4.69) is 15.3 Å². The molecular formula is C12H15N5O2. The predicted octanol–water partition coefficient (Wildman–Crippen LogP) is 0.902. The third-order valence-electron chi connectivity index (χ3n) is 2.65. The van der Waals surface area contributed by atoms with Crippen molar-refractivity contribution in [3.63, 3.8) is 0 Å². The topological polar surface area (TPSA) is 104 Å². The molecule has 0 aliphatic carbocycles. The standard InChI is InChI=1S/C12H15N5O2/c1-8(18)17(5-4-13)12(19)16-9-2-3-10-11(6-9)15-7-14-10/h2-3,6-7H,4-5,13H2,1H3,(H,14,15)(H,16,19). The molecule has 7 nitrogen and oxygen atoms in total. The maximum absolute atomic E-state index is 11.9. The monoisotopic (exact) mass is 261 g/mol. The highest BCUT2D eigenvalue weighted by Crippen LogP contribution is 2.16. The van der Waals surface area contributed by atoms with E-state index >= 15 is 0 Å². The number of aromatic nitrogens is 2. The van der Waals surface area contributed by atoms with Crippen LogP contribution in [0.25, 0.3) is 11.0 Å². The van der Waals surface area contributed by atoms with Crippen molar-refractivity contribution < 1.29 is 9.59 Å². The first kappa shape index (κ1) is 13.0. The lowest BCUT2D eigenvalue weighted by atomic mass is 10.3. The van der Waals surface area contributed by atoms with Crippen molar-refractivity contribution in [2.24, 2.45) is 5.73 Å². The summed E-state index contributed by atoms with van der Waals surface area (Å²) in [6, 6.07) is 4.77. The lowest BCUT2D eigenvalue weighted by Crippen LogP contribution is -2.41. The quantitative estimate of drug-likeness (QED) is 0.763. The molecule has 2 aromatic rings. The largest absolute Gasteiger partial charge is 0.345 e. The van der Waals surface area contributed by atoms with Crippen molar-refractivity contribution >= 4 is 28.7 Å². The Kier molecular flexibility index (Phi) is 3.76. The van der Waals surface area contributed by atoms with Gasteiger partial charge >= 0.3 is 6.03 Å². The van der Waals surface area contributed by atoms with Gasteiger partial charge in [0, 0.05) is 25.7 Å². The fraction of sp³-hybridized carbons (Fsp3) is 0.250. The van der Waals surface area contributed by atoms with Crippen molar-refractivity contribution in [2.45, 2.75) is 6.92 Å². The minimum absolute atomic E-state index is 0.188. The summed E-state index contributed by atoms with van der Waals surface area (Å²) in [7, 11) is 0. The minimum Gasteiger partial charge on any atom is -0.345 e. The number of H-pyrrole nitrogens is 1. The summed E-state index contributed by atoms with van der Waals surface area (Å²) in [4.78, 5) is 31.4. The van der Waals surface area contributed by atoms with Gasteiger partial charge in [0.05, 0.1) is 17.4 Å². The van der Waals surface area contributed by atoms with Crippen LogP contribution in [0.2, 0.25) is 0 Å². The van der Waals surface area contributed by atoms with Crippen LogP contribution < -0.4 is 11.1 Å². The Morgan fingerprint density at radius 1 is 1.47 bits per heavy atom. The summed E-state index contributed by atoms with van der Waals surface area (Å²) in [5, 5.41) is 2.65. The van der Waals surface area contributed by atoms with Crippen LogP contribution in [0.1, 0.15) is 6.92 Å². The predicted molar refractivity (Wildman–Crippen MR) is 71.6 cm³/mol. The zero-order valence-electron chi connectivity index (χ0n) is 10.5. The Morgan fingerprint density at radius 3 is 2.95 bits per heavy atom. The van der Waals surface area contributed by atoms with Gasteiger partial charge in [0.1, 0.15) is 0 Å². The van der Waals surface area contributed by atoms with Crippen LogP contribution >= 0.6 is 0 Å². The van der Waals surface area contributed by atoms with Crippen LogP contribution in [0.3, 0.4) is 0 Å². The molecule has 1 aromatic carbocycles. The molecule has 0 radical (unpaired) electrons. The van der Waals surface area contributed by atoms with Crippen LogP contribution in [0.4, 0.5) is 10.5 Å². The molecule has 0 aliphatic heterocycles. The molecular weight excluding hydrogens is 246 g/mol. The molecule has 7 heteroatoms. The second kappa shape index (κ2) is 5.49. The second-order valence-electron chi connectivity index (χ2n) is 4.02. The van der Waals surface area contributed by atoms with Gasteiger partial charge in [0.15, 0.2) is 0 Å². The molecule has 0 spiro atoms. The number of nitrogens with zero attached hydrogens (tertiary/aromatic N) is 2. The number of amides is 3. The van der Waals surface area contributed by atoms with E-state index < -0.39 is 6.03 Å². The molecule has 0 saturated carbocycles. The Morgan fingerprint density at radius 2 is 2.26 bits per heavy atom. The summed E-state index contributed by atoms with van der Waals surface area (Å²) >= 11 is 0. The highest BCUT2D eigenvalue weighted by molar-refractivity contribution is 6.01. The van der Waals surface area contributed by atoms with Crippen LogP contribution in [0.5, 0.6) is 0 Å². The zero-order valence-corrected chi connectivity index (χ0v) is 10.5. The van der Waals surface area contributed by atoms with Crippen molar-refractivity contribution in [3.8, 4) is 0 Å². The van der Waals surface area contributed by atoms with Gasteiger partial charge in [-0.1, -0.05) is 0 Å². The molecule has 19 heavy (non-hydrogen) atoms. The van der Waals surface area contributed by atoms with Crippen LogP contribution in [-0.2, 0) is 4.79 Å². The molecule has 0 atom stereocenters. The number of anilines is 1. The first-order valence-corrected chi connectivity index (χ1v) is 5.84. The number of benzene rings is 1. The third kappa shape index (κ3) is 2.89. The highest BCUT2D eigenvalue weighted by atomic mass is 16.2. The molecule has 3 amide bonds. The summed E-state index contributed by atoms with van der Waals surface area (Å²) in [5.41, 5.74) is 7.58. The van der Waals surface area contributed by atoms with Gasteiger partial charge in [0.25, 0.3) is 0 Å². The number of nitrogens with two attached hydrogens (primary N) is 1. The van der Waals surface area contributed by atoms with E-state index in [0.29, 0.717) is 5.69 Å². The normalized spacial score (nSPS) is 10.4. The van der Waals surface area contributed by atoms with Gasteiger partial charge in [0.2, 0.25) is 5.91 Å². The molecule has 1 heterocycles. The summed E-state index contributed by atoms with van der Waals surface area (Å²) in [6.07, 6.45) is 1.58. The van der Waals surface area contributed by atoms with Gasteiger partial charge in [-0.2, -0.15) is 0 Å². The summed E-state index contributed by atoms with van der Waals surface area (Å²) < 4.78 is 0. The molecule has 4 N–H and O–H groups in total. The molecule has 0 saturated heterocycles. The Balaban J connectivity index is 2.14. The minimum atomic E-state index is -0.489. The maximum Gasteiger partial charge on any atom is 0.328 e. The average Bonchev–Trinajstić information content (AvgIpc) is 2.82. The van der Waals surface area contributed by atoms with Crippen molar-refractivity contribution in [1.82, 2.24) is 14.9 Å². The number of urea groups is 1. The smallest absolute Gasteiger partial charge is 0.328 e. The fourth-order valence-corrected chi connectivity index (χ4v) is 1.74. The maximum atomic E-state index is 11.9. The molecule has 0 bridgehead atoms. The van der Waals surface area contributed by atoms with E-state index in [-0.39, 0.29) is 19.0 Å². The Labute approximate surface area is 109 Å². The van der Waals surface area contributed by atoms with Crippen molar-refractivity contribution in [2.75, 3.05) is 18.4 Å². The number of nitrogens with one attached hydrogen (secondary N) is 2. The van der Waals surface area contributed by atoms with E-state index in [1.807, 2.05) is 0 Å². The van der Waals surface area contributed by atoms with Crippen LogP contribution in [0.15, 0.2) is 24.5 Å². The Hall–Kier alpha value is -2.41. The number of carbonyl (C=O) groups is 2. The average molecular weight is 261 g/mol. The molecule has 2 rings (SSSR count). The number of aromatic amines is 1. The number of hydrogen-bond donors (Lipinski definition) is 3. The second-order valence-corrected chi connectivity index (χ2v) is 4.02. The first-order chi connectivity index (χ1) is 9.11. The number of hydrogen-bond acceptors (Lipinski definition) is 4. The lowest BCUT2D eigenvalue weighted by molar-refractivity contribution is -0.125. The van der Waals surface area contributed by atoms with Gasteiger partial charge in [-0.25, -0.2) is 9.78 Å². The van der Waals surface area contributed by atoms with Crippen LogP contribution in [0, 0.1) is 0 Å². The molecule has 0 unspecified atom stereocenters. The zero-order chi connectivity index (χ0) is 13.8. The molecule has 1 aromatic heterocycles. The molecule has 0 aliphatic rings. The van der Waals surface area contributed by atoms with E-state index in [1.165, 1.54) is 6.92 Å².